The summed E-state index contributed by atoms with van der Waals surface area (Å²) < 4.78 is 52.4. The lowest BCUT2D eigenvalue weighted by Crippen LogP contribution is -2.46. The molecule has 0 unspecified atom stereocenters. The smallest absolute Gasteiger partial charge is 0.336 e. The summed E-state index contributed by atoms with van der Waals surface area (Å²) in [4.78, 5) is 73.0. The fraction of sp³-hybridized carbons (Fsp3) is 0.317. The molecule has 7 aromatic rings. The summed E-state index contributed by atoms with van der Waals surface area (Å²) in [6.45, 7) is 14.7. The Bertz CT molecular complexity index is 3930. The molecule has 0 spiro atoms. The highest BCUT2D eigenvalue weighted by molar-refractivity contribution is 7.93. The predicted octanol–water partition coefficient (Wildman–Crippen LogP) is 9.05. The Kier molecular flexibility index (Phi) is 18.0. The van der Waals surface area contributed by atoms with E-state index in [2.05, 4.69) is 20.3 Å². The van der Waals surface area contributed by atoms with Gasteiger partial charge < -0.3 is 55.1 Å². The number of aromatic nitrogens is 3. The maximum Gasteiger partial charge on any atom is 0.336 e. The molecule has 4 aromatic carbocycles. The fourth-order valence-corrected chi connectivity index (χ4v) is 12.0. The third-order valence-electron chi connectivity index (χ3n) is 15.0. The zero-order chi connectivity index (χ0) is 61.3. The van der Waals surface area contributed by atoms with Crippen LogP contribution in [0, 0.1) is 37.5 Å². The molecule has 8 N–H and O–H groups in total. The van der Waals surface area contributed by atoms with Gasteiger partial charge in [-0.2, -0.15) is 0 Å². The topological polar surface area (TPSA) is 324 Å². The number of aryl methyl sites for hydroxylation is 1. The quantitative estimate of drug-likeness (QED) is 0.0519. The van der Waals surface area contributed by atoms with Crippen LogP contribution in [0.4, 0.5) is 16.5 Å². The van der Waals surface area contributed by atoms with E-state index in [-0.39, 0.29) is 76.8 Å². The number of hydrogen-bond acceptors (Lipinski definition) is 18. The number of pyridine rings is 1. The highest BCUT2D eigenvalue weighted by Crippen LogP contribution is 2.54. The Hall–Kier alpha value is -8.68. The average Bonchev–Trinajstić information content (AvgIpc) is 1.70. The number of thiazole rings is 1. The van der Waals surface area contributed by atoms with Gasteiger partial charge in [-0.05, 0) is 80.9 Å². The Morgan fingerprint density at radius 2 is 1.58 bits per heavy atom. The summed E-state index contributed by atoms with van der Waals surface area (Å²) in [6.07, 6.45) is 7.10. The van der Waals surface area contributed by atoms with E-state index in [9.17, 15) is 52.8 Å². The number of amides is 2. The highest BCUT2D eigenvalue weighted by Gasteiger charge is 2.50. The first kappa shape index (κ1) is 61.4. The molecule has 442 valence electrons. The number of sulfonamides is 1. The number of aliphatic hydroxyl groups is 2. The molecule has 0 saturated heterocycles. The number of carboxylic acids is 1. The molecule has 0 aliphatic carbocycles. The molecule has 4 bridgehead atoms. The number of carbonyl (C=O) groups excluding carboxylic acids is 4. The molecule has 2 amide bonds. The number of esters is 1. The number of aliphatic hydroxyl groups excluding tert-OH is 2. The van der Waals surface area contributed by atoms with E-state index in [1.54, 1.807) is 74.9 Å². The van der Waals surface area contributed by atoms with Crippen molar-refractivity contribution in [2.24, 2.45) is 23.7 Å². The van der Waals surface area contributed by atoms with E-state index in [0.717, 1.165) is 16.9 Å². The number of benzene rings is 4. The molecule has 9 atom stereocenters. The van der Waals surface area contributed by atoms with Crippen LogP contribution in [0.5, 0.6) is 17.2 Å². The first-order valence-electron chi connectivity index (χ1n) is 26.5. The van der Waals surface area contributed by atoms with Crippen molar-refractivity contribution in [1.29, 1.82) is 0 Å². The van der Waals surface area contributed by atoms with Gasteiger partial charge in [0.15, 0.2) is 10.9 Å². The number of fused-ring (bicyclic) bond motifs is 2. The number of nitrogens with zero attached hydrogens (tertiary/aromatic N) is 3. The van der Waals surface area contributed by atoms with Crippen LogP contribution < -0.4 is 20.1 Å². The average molecular weight is 1190 g/mol. The van der Waals surface area contributed by atoms with E-state index in [4.69, 9.17) is 29.0 Å². The number of rotatable bonds is 8. The predicted molar refractivity (Wildman–Crippen MR) is 314 cm³/mol. The number of allylic oxidation sites excluding steroid dienone is 2. The molecule has 0 saturated carbocycles. The second-order valence-electron chi connectivity index (χ2n) is 20.9. The van der Waals surface area contributed by atoms with E-state index in [0.29, 0.717) is 11.3 Å². The van der Waals surface area contributed by atoms with Gasteiger partial charge in [0.25, 0.3) is 27.6 Å². The Balaban J connectivity index is 0.000000284. The molecule has 3 aromatic heterocycles. The first-order valence-corrected chi connectivity index (χ1v) is 28.8. The number of nitrogens with one attached hydrogen (secondary N) is 3. The molecule has 0 radical (unpaired) electrons. The summed E-state index contributed by atoms with van der Waals surface area (Å²) in [5, 5.41) is 63.0. The number of phenols is 2. The zero-order valence-electron chi connectivity index (χ0n) is 47.4. The van der Waals surface area contributed by atoms with Gasteiger partial charge in [0.1, 0.15) is 40.0 Å². The van der Waals surface area contributed by atoms with E-state index in [1.807, 2.05) is 19.1 Å². The third kappa shape index (κ3) is 12.2. The number of ketones is 1. The van der Waals surface area contributed by atoms with Crippen molar-refractivity contribution >= 4 is 94.9 Å². The van der Waals surface area contributed by atoms with Gasteiger partial charge in [0, 0.05) is 84.6 Å². The minimum Gasteiger partial charge on any atom is -0.507 e. The van der Waals surface area contributed by atoms with Gasteiger partial charge in [-0.1, -0.05) is 58.1 Å². The van der Waals surface area contributed by atoms with Crippen molar-refractivity contribution in [2.75, 3.05) is 22.5 Å². The maximum atomic E-state index is 14.6. The summed E-state index contributed by atoms with van der Waals surface area (Å²) in [5.41, 5.74) is 2.39. The Labute approximate surface area is 487 Å². The van der Waals surface area contributed by atoms with Gasteiger partial charge in [0.05, 0.1) is 51.5 Å². The van der Waals surface area contributed by atoms with Crippen LogP contribution >= 0.6 is 11.3 Å². The molecular weight excluding hydrogens is 1120 g/mol. The lowest BCUT2D eigenvalue weighted by atomic mass is 9.78. The van der Waals surface area contributed by atoms with Crippen LogP contribution in [0.3, 0.4) is 0 Å². The maximum absolute atomic E-state index is 14.6. The Morgan fingerprint density at radius 3 is 2.23 bits per heavy atom. The van der Waals surface area contributed by atoms with Gasteiger partial charge in [-0.15, -0.1) is 11.3 Å². The van der Waals surface area contributed by atoms with Crippen LogP contribution in [0.2, 0.25) is 0 Å². The highest BCUT2D eigenvalue weighted by atomic mass is 32.2. The molecule has 24 heteroatoms. The summed E-state index contributed by atoms with van der Waals surface area (Å²) in [6, 6.07) is 14.9. The number of hydrogen-bond donors (Lipinski definition) is 8. The number of phenolic OH excluding ortho intramolecular Hbond substituents is 2. The van der Waals surface area contributed by atoms with Crippen molar-refractivity contribution in [3.05, 3.63) is 142 Å². The number of methoxy groups -OCH3 is 1. The second-order valence-corrected chi connectivity index (χ2v) is 23.4. The van der Waals surface area contributed by atoms with Gasteiger partial charge in [-0.25, -0.2) is 23.2 Å². The van der Waals surface area contributed by atoms with Crippen LogP contribution in [0.15, 0.2) is 119 Å². The van der Waals surface area contributed by atoms with Crippen molar-refractivity contribution in [1.82, 2.24) is 14.4 Å². The van der Waals surface area contributed by atoms with E-state index in [1.165, 1.54) is 88.9 Å². The van der Waals surface area contributed by atoms with Gasteiger partial charge >= 0.3 is 17.7 Å². The normalized spacial score (nSPS) is 24.5. The van der Waals surface area contributed by atoms with E-state index < -0.39 is 99.2 Å². The summed E-state index contributed by atoms with van der Waals surface area (Å²) >= 11 is 1.15. The fourth-order valence-electron chi connectivity index (χ4n) is 10.3. The van der Waals surface area contributed by atoms with Gasteiger partial charge in [0.2, 0.25) is 0 Å². The molecule has 2 aliphatic heterocycles. The van der Waals surface area contributed by atoms with Crippen LogP contribution in [-0.4, -0.2) is 115 Å². The second kappa shape index (κ2) is 24.6. The number of anilines is 3. The molecule has 9 rings (SSSR count). The van der Waals surface area contributed by atoms with Crippen LogP contribution in [0.25, 0.3) is 27.5 Å². The largest absolute Gasteiger partial charge is 0.507 e. The SMILES string of the molecule is CO[C@H]1/C=C/O[C@@]2(C)Oc3c(C)c(O)c4c(O)c(c5c(nc6cc(C)ccn65)c4c3C2=O)NC(=O)/C(C)=C\C=C\[C@H](C)[C@H](O)[C@@H](C)[C@@H](O)[C@@H](C)[C@H](OC(C)=O)[C@@H]1C.O=C(O)c1ccccc1C(=O)Nc1ccc(S(=O)(=O)Nc2nccs2)cc1. The number of carboxylic acid groups (broad SMARTS) is 1. The summed E-state index contributed by atoms with van der Waals surface area (Å²) in [5.74, 6) is -8.78. The standard InChI is InChI=1S/C43H51N3O11.C17H13N3O5S2/c1-19-14-16-46-28(18-19)44-32-29-30-37(50)25(7)40-31(29)41(52)43(9,57-40)55-17-15-27(54-10)22(4)39(56-26(8)47)24(6)36(49)23(5)35(48)20(2)12-11-13-21(3)42(53)45-33(34(32)46)38(30)51;21-15(13-3-1-2-4-14(13)16(22)23)19-11-5-7-12(8-6-11)27(24,25)20-17-18-9-10-26-17/h11-18,20,22-24,27,35-36,39,48-51H,1-10H3,(H,45,53);1-10H,(H,18,20)(H,19,21)(H,22,23)/b12-11+,17-15+,21-13-;/t20-,22+,23+,24+,27-,35-,36+,39+,43-;/m0./s1. The number of carbonyl (C=O) groups is 5. The third-order valence-corrected chi connectivity index (χ3v) is 17.2. The minimum atomic E-state index is -3.79. The molecule has 0 fully saturated rings. The first-order chi connectivity index (χ1) is 39.7. The lowest BCUT2D eigenvalue weighted by Gasteiger charge is -2.38. The van der Waals surface area contributed by atoms with Crippen LogP contribution in [0.1, 0.15) is 90.7 Å². The Morgan fingerprint density at radius 1 is 0.893 bits per heavy atom. The summed E-state index contributed by atoms with van der Waals surface area (Å²) in [7, 11) is -2.33. The van der Waals surface area contributed by atoms with Crippen LogP contribution in [-0.2, 0) is 33.8 Å². The number of aromatic carboxylic acids is 1. The van der Waals surface area contributed by atoms with Crippen molar-refractivity contribution in [2.45, 2.75) is 97.4 Å². The molecular formula is C60H64N6O16S2. The molecule has 22 nitrogen and oxygen atoms in total. The molecule has 5 heterocycles. The monoisotopic (exact) mass is 1190 g/mol. The molecule has 84 heavy (non-hydrogen) atoms. The number of aromatic hydroxyl groups is 2. The van der Waals surface area contributed by atoms with Crippen molar-refractivity contribution < 1.29 is 76.9 Å². The minimum absolute atomic E-state index is 0.00151. The van der Waals surface area contributed by atoms with Crippen molar-refractivity contribution in [3.63, 3.8) is 0 Å². The van der Waals surface area contributed by atoms with Gasteiger partial charge in [-0.3, -0.25) is 28.3 Å². The lowest BCUT2D eigenvalue weighted by molar-refractivity contribution is -0.160. The molecule has 2 aliphatic rings. The number of imidazole rings is 1. The number of Topliss-reactive ketones (excluding diaryl/α,β-unsaturated/α-hetero) is 1. The van der Waals surface area contributed by atoms with E-state index >= 15 is 0 Å². The number of ether oxygens (including phenoxy) is 4. The van der Waals surface area contributed by atoms with Crippen molar-refractivity contribution in [3.8, 4) is 17.2 Å². The zero-order valence-corrected chi connectivity index (χ0v) is 49.0.